The van der Waals surface area contributed by atoms with Gasteiger partial charge in [0, 0.05) is 30.5 Å². The highest BCUT2D eigenvalue weighted by Gasteiger charge is 2.29. The fourth-order valence-corrected chi connectivity index (χ4v) is 3.16. The van der Waals surface area contributed by atoms with Gasteiger partial charge in [-0.05, 0) is 42.7 Å². The van der Waals surface area contributed by atoms with Crippen LogP contribution < -0.4 is 0 Å². The molecule has 1 fully saturated rings. The number of hydrogen-bond acceptors (Lipinski definition) is 3. The average molecular weight is 345 g/mol. The zero-order chi connectivity index (χ0) is 16.9. The van der Waals surface area contributed by atoms with Crippen LogP contribution in [-0.4, -0.2) is 41.6 Å². The molecule has 126 valence electrons. The van der Waals surface area contributed by atoms with Gasteiger partial charge in [0.2, 0.25) is 5.91 Å². The molecule has 0 bridgehead atoms. The fourth-order valence-electron chi connectivity index (χ4n) is 3.04. The summed E-state index contributed by atoms with van der Waals surface area (Å²) in [5.41, 5.74) is 2.03. The van der Waals surface area contributed by atoms with Crippen LogP contribution in [0, 0.1) is 0 Å². The van der Waals surface area contributed by atoms with Gasteiger partial charge in [-0.3, -0.25) is 9.78 Å². The molecule has 2 atom stereocenters. The van der Waals surface area contributed by atoms with E-state index in [0.717, 1.165) is 11.1 Å². The number of ether oxygens (including phenoxy) is 1. The van der Waals surface area contributed by atoms with Crippen molar-refractivity contribution < 1.29 is 9.53 Å². The largest absolute Gasteiger partial charge is 0.375 e. The maximum atomic E-state index is 13.2. The number of hydrogen-bond donors (Lipinski definition) is 0. The number of morpholine rings is 1. The number of halogens is 1. The smallest absolute Gasteiger partial charge is 0.230 e. The van der Waals surface area contributed by atoms with Crippen LogP contribution in [0.2, 0.25) is 5.02 Å². The molecule has 0 aliphatic carbocycles. The van der Waals surface area contributed by atoms with E-state index in [1.165, 1.54) is 0 Å². The quantitative estimate of drug-likeness (QED) is 0.854. The van der Waals surface area contributed by atoms with Crippen LogP contribution in [0.15, 0.2) is 48.8 Å². The summed E-state index contributed by atoms with van der Waals surface area (Å²) in [6.07, 6.45) is 4.26. The lowest BCUT2D eigenvalue weighted by Crippen LogP contribution is -2.46. The summed E-state index contributed by atoms with van der Waals surface area (Å²) in [5, 5.41) is 0.673. The Labute approximate surface area is 147 Å². The maximum Gasteiger partial charge on any atom is 0.230 e. The molecule has 2 heterocycles. The molecule has 4 nitrogen and oxygen atoms in total. The number of pyridine rings is 1. The van der Waals surface area contributed by atoms with Crippen molar-refractivity contribution in [2.45, 2.75) is 25.4 Å². The highest BCUT2D eigenvalue weighted by atomic mass is 35.5. The number of carbonyl (C=O) groups is 1. The molecule has 1 saturated heterocycles. The average Bonchev–Trinajstić information content (AvgIpc) is 2.61. The van der Waals surface area contributed by atoms with Crippen molar-refractivity contribution in [3.05, 3.63) is 64.9 Å². The van der Waals surface area contributed by atoms with E-state index in [4.69, 9.17) is 16.3 Å². The Hall–Kier alpha value is -1.91. The minimum absolute atomic E-state index is 0.0759. The van der Waals surface area contributed by atoms with Gasteiger partial charge >= 0.3 is 0 Å². The van der Waals surface area contributed by atoms with Crippen LogP contribution in [0.5, 0.6) is 0 Å². The lowest BCUT2D eigenvalue weighted by atomic mass is 9.91. The van der Waals surface area contributed by atoms with E-state index in [0.29, 0.717) is 31.1 Å². The number of rotatable bonds is 4. The molecule has 1 amide bonds. The Morgan fingerprint density at radius 1 is 1.38 bits per heavy atom. The molecule has 24 heavy (non-hydrogen) atoms. The van der Waals surface area contributed by atoms with Gasteiger partial charge < -0.3 is 9.64 Å². The van der Waals surface area contributed by atoms with Crippen molar-refractivity contribution >= 4 is 17.5 Å². The van der Waals surface area contributed by atoms with E-state index in [9.17, 15) is 4.79 Å². The van der Waals surface area contributed by atoms with Crippen LogP contribution in [-0.2, 0) is 16.0 Å². The molecule has 1 aromatic carbocycles. The lowest BCUT2D eigenvalue weighted by molar-refractivity contribution is -0.139. The van der Waals surface area contributed by atoms with Crippen molar-refractivity contribution in [1.82, 2.24) is 9.88 Å². The monoisotopic (exact) mass is 344 g/mol. The van der Waals surface area contributed by atoms with Crippen molar-refractivity contribution in [2.24, 2.45) is 0 Å². The molecule has 0 spiro atoms. The second-order valence-electron chi connectivity index (χ2n) is 6.14. The summed E-state index contributed by atoms with van der Waals surface area (Å²) in [5.74, 6) is -0.104. The minimum atomic E-state index is -0.239. The molecule has 1 aromatic heterocycles. The Balaban J connectivity index is 1.86. The van der Waals surface area contributed by atoms with Gasteiger partial charge in [-0.2, -0.15) is 0 Å². The molecular formula is C19H21ClN2O2. The van der Waals surface area contributed by atoms with Crippen LogP contribution in [0.3, 0.4) is 0 Å². The highest BCUT2D eigenvalue weighted by Crippen LogP contribution is 2.25. The molecule has 1 aliphatic heterocycles. The van der Waals surface area contributed by atoms with Crippen LogP contribution in [0.25, 0.3) is 0 Å². The second-order valence-corrected chi connectivity index (χ2v) is 6.57. The van der Waals surface area contributed by atoms with E-state index >= 15 is 0 Å². The number of carbonyl (C=O) groups excluding carboxylic acids is 1. The predicted molar refractivity (Wildman–Crippen MR) is 94.1 cm³/mol. The second kappa shape index (κ2) is 7.77. The number of amides is 1. The first-order valence-electron chi connectivity index (χ1n) is 8.18. The van der Waals surface area contributed by atoms with Crippen molar-refractivity contribution in [1.29, 1.82) is 0 Å². The number of benzene rings is 1. The van der Waals surface area contributed by atoms with Crippen LogP contribution in [0.4, 0.5) is 0 Å². The van der Waals surface area contributed by atoms with Gasteiger partial charge in [0.15, 0.2) is 0 Å². The van der Waals surface area contributed by atoms with Gasteiger partial charge in [-0.1, -0.05) is 29.8 Å². The van der Waals surface area contributed by atoms with Gasteiger partial charge in [0.25, 0.3) is 0 Å². The standard InChI is InChI=1S/C19H21ClN2O2/c1-14-13-22(9-10-24-14)19(23)18(11-15-3-2-8-21-12-15)16-4-6-17(20)7-5-16/h2-8,12,14,18H,9-11,13H2,1H3. The number of aromatic nitrogens is 1. The molecule has 2 aromatic rings. The van der Waals surface area contributed by atoms with E-state index < -0.39 is 0 Å². The van der Waals surface area contributed by atoms with Crippen molar-refractivity contribution in [3.8, 4) is 0 Å². The summed E-state index contributed by atoms with van der Waals surface area (Å²) < 4.78 is 5.56. The first kappa shape index (κ1) is 16.9. The first-order valence-corrected chi connectivity index (χ1v) is 8.56. The Bertz CT molecular complexity index is 676. The molecule has 3 rings (SSSR count). The van der Waals surface area contributed by atoms with Crippen molar-refractivity contribution in [3.63, 3.8) is 0 Å². The molecule has 2 unspecified atom stereocenters. The molecule has 0 N–H and O–H groups in total. The fraction of sp³-hybridized carbons (Fsp3) is 0.368. The summed E-state index contributed by atoms with van der Waals surface area (Å²) in [4.78, 5) is 19.2. The van der Waals surface area contributed by atoms with Crippen LogP contribution >= 0.6 is 11.6 Å². The molecule has 0 radical (unpaired) electrons. The Kier molecular flexibility index (Phi) is 5.48. The van der Waals surface area contributed by atoms with E-state index in [1.807, 2.05) is 54.4 Å². The predicted octanol–water partition coefficient (Wildman–Crippen LogP) is 3.31. The third kappa shape index (κ3) is 4.13. The highest BCUT2D eigenvalue weighted by molar-refractivity contribution is 6.30. The molecule has 5 heteroatoms. The molecular weight excluding hydrogens is 324 g/mol. The van der Waals surface area contributed by atoms with E-state index in [1.54, 1.807) is 6.20 Å². The summed E-state index contributed by atoms with van der Waals surface area (Å²) in [7, 11) is 0. The molecule has 1 aliphatic rings. The topological polar surface area (TPSA) is 42.4 Å². The summed E-state index contributed by atoms with van der Waals surface area (Å²) >= 11 is 6.00. The first-order chi connectivity index (χ1) is 11.6. The van der Waals surface area contributed by atoms with Gasteiger partial charge in [-0.25, -0.2) is 0 Å². The number of nitrogens with zero attached hydrogens (tertiary/aromatic N) is 2. The summed E-state index contributed by atoms with van der Waals surface area (Å²) in [6.45, 7) is 3.86. The van der Waals surface area contributed by atoms with Gasteiger partial charge in [0.05, 0.1) is 18.6 Å². The van der Waals surface area contributed by atoms with E-state index in [-0.39, 0.29) is 17.9 Å². The van der Waals surface area contributed by atoms with Crippen LogP contribution in [0.1, 0.15) is 24.0 Å². The minimum Gasteiger partial charge on any atom is -0.375 e. The normalized spacial score (nSPS) is 19.1. The summed E-state index contributed by atoms with van der Waals surface area (Å²) in [6, 6.07) is 11.4. The lowest BCUT2D eigenvalue weighted by Gasteiger charge is -2.34. The Morgan fingerprint density at radius 2 is 2.17 bits per heavy atom. The SMILES string of the molecule is CC1CN(C(=O)C(Cc2cccnc2)c2ccc(Cl)cc2)CCO1. The maximum absolute atomic E-state index is 13.2. The third-order valence-corrected chi connectivity index (χ3v) is 4.54. The zero-order valence-electron chi connectivity index (χ0n) is 13.7. The van der Waals surface area contributed by atoms with Crippen molar-refractivity contribution in [2.75, 3.05) is 19.7 Å². The Morgan fingerprint density at radius 3 is 2.83 bits per heavy atom. The van der Waals surface area contributed by atoms with Gasteiger partial charge in [-0.15, -0.1) is 0 Å². The zero-order valence-corrected chi connectivity index (χ0v) is 14.4. The van der Waals surface area contributed by atoms with Gasteiger partial charge in [0.1, 0.15) is 0 Å². The third-order valence-electron chi connectivity index (χ3n) is 4.29. The molecule has 0 saturated carbocycles. The van der Waals surface area contributed by atoms with E-state index in [2.05, 4.69) is 4.98 Å².